The first-order valence-electron chi connectivity index (χ1n) is 9.15. The number of methoxy groups -OCH3 is 1. The third kappa shape index (κ3) is 3.71. The van der Waals surface area contributed by atoms with Crippen LogP contribution in [0.25, 0.3) is 22.5 Å². The van der Waals surface area contributed by atoms with E-state index in [4.69, 9.17) is 10.5 Å². The summed E-state index contributed by atoms with van der Waals surface area (Å²) in [4.78, 5) is 9.21. The van der Waals surface area contributed by atoms with Gasteiger partial charge in [0.15, 0.2) is 0 Å². The molecule has 1 heterocycles. The van der Waals surface area contributed by atoms with E-state index in [1.807, 2.05) is 72.8 Å². The summed E-state index contributed by atoms with van der Waals surface area (Å²) in [6, 6.07) is 28.3. The molecule has 0 atom stereocenters. The van der Waals surface area contributed by atoms with Crippen LogP contribution in [-0.2, 0) is 6.42 Å². The predicted molar refractivity (Wildman–Crippen MR) is 113 cm³/mol. The summed E-state index contributed by atoms with van der Waals surface area (Å²) in [7, 11) is 1.66. The van der Waals surface area contributed by atoms with E-state index >= 15 is 0 Å². The van der Waals surface area contributed by atoms with Gasteiger partial charge in [0.2, 0.25) is 5.95 Å². The zero-order chi connectivity index (χ0) is 19.3. The zero-order valence-corrected chi connectivity index (χ0v) is 15.7. The minimum Gasteiger partial charge on any atom is -0.497 e. The average Bonchev–Trinajstić information content (AvgIpc) is 2.76. The largest absolute Gasteiger partial charge is 0.497 e. The molecule has 0 spiro atoms. The summed E-state index contributed by atoms with van der Waals surface area (Å²) >= 11 is 0. The lowest BCUT2D eigenvalue weighted by Gasteiger charge is -2.15. The highest BCUT2D eigenvalue weighted by atomic mass is 16.5. The maximum absolute atomic E-state index is 6.11. The number of anilines is 1. The second kappa shape index (κ2) is 7.92. The van der Waals surface area contributed by atoms with Crippen molar-refractivity contribution in [1.82, 2.24) is 9.97 Å². The van der Waals surface area contributed by atoms with Crippen LogP contribution in [0.1, 0.15) is 11.1 Å². The highest BCUT2D eigenvalue weighted by Gasteiger charge is 2.17. The summed E-state index contributed by atoms with van der Waals surface area (Å²) in [5.41, 5.74) is 12.1. The Morgan fingerprint density at radius 2 is 1.25 bits per heavy atom. The molecule has 3 aromatic carbocycles. The van der Waals surface area contributed by atoms with E-state index in [-0.39, 0.29) is 5.95 Å². The highest BCUT2D eigenvalue weighted by molar-refractivity contribution is 5.75. The maximum atomic E-state index is 6.11. The van der Waals surface area contributed by atoms with Crippen molar-refractivity contribution in [1.29, 1.82) is 0 Å². The topological polar surface area (TPSA) is 61.0 Å². The van der Waals surface area contributed by atoms with Crippen LogP contribution >= 0.6 is 0 Å². The van der Waals surface area contributed by atoms with Gasteiger partial charge in [-0.05, 0) is 29.8 Å². The minimum atomic E-state index is 0.265. The van der Waals surface area contributed by atoms with Crippen molar-refractivity contribution in [2.45, 2.75) is 6.42 Å². The molecule has 1 aromatic heterocycles. The monoisotopic (exact) mass is 367 g/mol. The Kier molecular flexibility index (Phi) is 5.02. The van der Waals surface area contributed by atoms with Crippen LogP contribution < -0.4 is 10.5 Å². The molecule has 138 valence electrons. The Labute approximate surface area is 164 Å². The number of nitrogens with zero attached hydrogens (tertiary/aromatic N) is 2. The molecule has 0 fully saturated rings. The SMILES string of the molecule is COc1ccc(-c2nc(N)nc(-c3ccccc3)c2Cc2ccccc2)cc1. The van der Waals surface area contributed by atoms with Gasteiger partial charge in [0.1, 0.15) is 5.75 Å². The number of rotatable bonds is 5. The van der Waals surface area contributed by atoms with E-state index in [0.717, 1.165) is 33.8 Å². The molecular weight excluding hydrogens is 346 g/mol. The molecule has 4 rings (SSSR count). The summed E-state index contributed by atoms with van der Waals surface area (Å²) in [5.74, 6) is 1.07. The van der Waals surface area contributed by atoms with Gasteiger partial charge in [0.25, 0.3) is 0 Å². The van der Waals surface area contributed by atoms with E-state index in [1.165, 1.54) is 5.56 Å². The fourth-order valence-corrected chi connectivity index (χ4v) is 3.29. The number of nitrogen functional groups attached to an aromatic ring is 1. The zero-order valence-electron chi connectivity index (χ0n) is 15.7. The fourth-order valence-electron chi connectivity index (χ4n) is 3.29. The third-order valence-electron chi connectivity index (χ3n) is 4.66. The van der Waals surface area contributed by atoms with Crippen molar-refractivity contribution < 1.29 is 4.74 Å². The van der Waals surface area contributed by atoms with Crippen molar-refractivity contribution in [2.75, 3.05) is 12.8 Å². The van der Waals surface area contributed by atoms with Crippen LogP contribution in [0.5, 0.6) is 5.75 Å². The lowest BCUT2D eigenvalue weighted by molar-refractivity contribution is 0.415. The molecule has 0 unspecified atom stereocenters. The fraction of sp³-hybridized carbons (Fsp3) is 0.0833. The quantitative estimate of drug-likeness (QED) is 0.540. The lowest BCUT2D eigenvalue weighted by Crippen LogP contribution is -2.06. The van der Waals surface area contributed by atoms with Crippen molar-refractivity contribution in [3.63, 3.8) is 0 Å². The normalized spacial score (nSPS) is 10.6. The molecule has 2 N–H and O–H groups in total. The standard InChI is InChI=1S/C24H21N3O/c1-28-20-14-12-19(13-15-20)23-21(16-17-8-4-2-5-9-17)22(26-24(25)27-23)18-10-6-3-7-11-18/h2-15H,16H2,1H3,(H2,25,26,27). The number of hydrogen-bond donors (Lipinski definition) is 1. The molecule has 0 aliphatic heterocycles. The first-order chi connectivity index (χ1) is 13.7. The molecule has 28 heavy (non-hydrogen) atoms. The first-order valence-corrected chi connectivity index (χ1v) is 9.15. The first kappa shape index (κ1) is 17.7. The average molecular weight is 367 g/mol. The summed E-state index contributed by atoms with van der Waals surface area (Å²) in [5, 5.41) is 0. The van der Waals surface area contributed by atoms with Crippen LogP contribution in [0.15, 0.2) is 84.9 Å². The molecule has 0 saturated carbocycles. The molecule has 0 aliphatic rings. The van der Waals surface area contributed by atoms with Gasteiger partial charge in [-0.2, -0.15) is 0 Å². The van der Waals surface area contributed by atoms with Gasteiger partial charge in [-0.3, -0.25) is 0 Å². The number of benzene rings is 3. The van der Waals surface area contributed by atoms with Crippen molar-refractivity contribution in [3.8, 4) is 28.3 Å². The Hall–Kier alpha value is -3.66. The van der Waals surface area contributed by atoms with Gasteiger partial charge in [-0.15, -0.1) is 0 Å². The number of ether oxygens (including phenoxy) is 1. The highest BCUT2D eigenvalue weighted by Crippen LogP contribution is 2.33. The Morgan fingerprint density at radius 3 is 1.82 bits per heavy atom. The van der Waals surface area contributed by atoms with E-state index in [2.05, 4.69) is 22.1 Å². The van der Waals surface area contributed by atoms with Crippen molar-refractivity contribution in [3.05, 3.63) is 96.1 Å². The van der Waals surface area contributed by atoms with Crippen LogP contribution in [0.4, 0.5) is 5.95 Å². The van der Waals surface area contributed by atoms with E-state index < -0.39 is 0 Å². The second-order valence-corrected chi connectivity index (χ2v) is 6.51. The molecule has 0 amide bonds. The predicted octanol–water partition coefficient (Wildman–Crippen LogP) is 4.99. The Morgan fingerprint density at radius 1 is 0.714 bits per heavy atom. The molecule has 0 radical (unpaired) electrons. The molecule has 4 heteroatoms. The number of nitrogens with two attached hydrogens (primary N) is 1. The van der Waals surface area contributed by atoms with Gasteiger partial charge in [0, 0.05) is 23.1 Å². The van der Waals surface area contributed by atoms with Crippen LogP contribution in [0.3, 0.4) is 0 Å². The van der Waals surface area contributed by atoms with E-state index in [0.29, 0.717) is 6.42 Å². The van der Waals surface area contributed by atoms with Gasteiger partial charge >= 0.3 is 0 Å². The summed E-state index contributed by atoms with van der Waals surface area (Å²) < 4.78 is 5.29. The van der Waals surface area contributed by atoms with Crippen LogP contribution in [0, 0.1) is 0 Å². The van der Waals surface area contributed by atoms with Gasteiger partial charge in [-0.25, -0.2) is 9.97 Å². The van der Waals surface area contributed by atoms with E-state index in [9.17, 15) is 0 Å². The molecular formula is C24H21N3O. The lowest BCUT2D eigenvalue weighted by atomic mass is 9.95. The Balaban J connectivity index is 1.91. The second-order valence-electron chi connectivity index (χ2n) is 6.51. The van der Waals surface area contributed by atoms with Crippen molar-refractivity contribution in [2.24, 2.45) is 0 Å². The third-order valence-corrected chi connectivity index (χ3v) is 4.66. The summed E-state index contributed by atoms with van der Waals surface area (Å²) in [6.07, 6.45) is 0.715. The van der Waals surface area contributed by atoms with Crippen LogP contribution in [-0.4, -0.2) is 17.1 Å². The van der Waals surface area contributed by atoms with Crippen LogP contribution in [0.2, 0.25) is 0 Å². The van der Waals surface area contributed by atoms with Gasteiger partial charge in [0.05, 0.1) is 18.5 Å². The van der Waals surface area contributed by atoms with E-state index in [1.54, 1.807) is 7.11 Å². The molecule has 0 aliphatic carbocycles. The Bertz CT molecular complexity index is 1060. The summed E-state index contributed by atoms with van der Waals surface area (Å²) in [6.45, 7) is 0. The molecule has 0 saturated heterocycles. The number of aromatic nitrogens is 2. The number of hydrogen-bond acceptors (Lipinski definition) is 4. The smallest absolute Gasteiger partial charge is 0.221 e. The molecule has 4 aromatic rings. The molecule has 0 bridgehead atoms. The molecule has 4 nitrogen and oxygen atoms in total. The van der Waals surface area contributed by atoms with Crippen molar-refractivity contribution >= 4 is 5.95 Å². The van der Waals surface area contributed by atoms with Gasteiger partial charge < -0.3 is 10.5 Å². The maximum Gasteiger partial charge on any atom is 0.221 e. The minimum absolute atomic E-state index is 0.265. The van der Waals surface area contributed by atoms with Gasteiger partial charge in [-0.1, -0.05) is 60.7 Å².